The lowest BCUT2D eigenvalue weighted by atomic mass is 9.97. The van der Waals surface area contributed by atoms with Gasteiger partial charge in [-0.1, -0.05) is 26.7 Å². The summed E-state index contributed by atoms with van der Waals surface area (Å²) < 4.78 is 37.2. The number of nitrogens with zero attached hydrogens (tertiary/aromatic N) is 1. The van der Waals surface area contributed by atoms with E-state index in [1.807, 2.05) is 6.92 Å². The van der Waals surface area contributed by atoms with Crippen LogP contribution < -0.4 is 5.32 Å². The van der Waals surface area contributed by atoms with E-state index in [2.05, 4.69) is 12.2 Å². The number of hydrogen-bond acceptors (Lipinski definition) is 2. The van der Waals surface area contributed by atoms with Crippen LogP contribution in [0.4, 0.5) is 13.2 Å². The largest absolute Gasteiger partial charge is 0.401 e. The minimum Gasteiger partial charge on any atom is -0.356 e. The van der Waals surface area contributed by atoms with Crippen molar-refractivity contribution in [2.24, 2.45) is 11.8 Å². The van der Waals surface area contributed by atoms with E-state index >= 15 is 0 Å². The molecule has 0 bridgehead atoms. The first kappa shape index (κ1) is 18.3. The highest BCUT2D eigenvalue weighted by molar-refractivity contribution is 5.78. The predicted molar refractivity (Wildman–Crippen MR) is 76.9 cm³/mol. The standard InChI is InChI=1S/C15H27F3N2O/c1-3-4-6-12(2)14(21)19-9-13-7-5-8-20(10-13)11-15(16,17)18/h12-13H,3-11H2,1-2H3,(H,19,21)/t12-,13+/m0/s1. The van der Waals surface area contributed by atoms with Crippen molar-refractivity contribution < 1.29 is 18.0 Å². The van der Waals surface area contributed by atoms with E-state index in [9.17, 15) is 18.0 Å². The monoisotopic (exact) mass is 308 g/mol. The zero-order chi connectivity index (χ0) is 15.9. The van der Waals surface area contributed by atoms with Crippen molar-refractivity contribution in [2.75, 3.05) is 26.2 Å². The van der Waals surface area contributed by atoms with Crippen LogP contribution in [0.5, 0.6) is 0 Å². The highest BCUT2D eigenvalue weighted by atomic mass is 19.4. The van der Waals surface area contributed by atoms with Gasteiger partial charge in [0.15, 0.2) is 0 Å². The first-order valence-electron chi connectivity index (χ1n) is 7.88. The van der Waals surface area contributed by atoms with Gasteiger partial charge in [-0.2, -0.15) is 13.2 Å². The molecule has 1 aliphatic heterocycles. The topological polar surface area (TPSA) is 32.3 Å². The lowest BCUT2D eigenvalue weighted by Gasteiger charge is -2.33. The molecule has 1 rings (SSSR count). The lowest BCUT2D eigenvalue weighted by molar-refractivity contribution is -0.149. The fourth-order valence-corrected chi connectivity index (χ4v) is 2.78. The summed E-state index contributed by atoms with van der Waals surface area (Å²) in [5.41, 5.74) is 0. The van der Waals surface area contributed by atoms with Crippen molar-refractivity contribution in [2.45, 2.75) is 52.1 Å². The number of likely N-dealkylation sites (tertiary alicyclic amines) is 1. The molecule has 6 heteroatoms. The zero-order valence-electron chi connectivity index (χ0n) is 13.0. The second-order valence-electron chi connectivity index (χ2n) is 6.15. The van der Waals surface area contributed by atoms with Crippen LogP contribution in [0.25, 0.3) is 0 Å². The molecule has 1 heterocycles. The van der Waals surface area contributed by atoms with Crippen LogP contribution in [0.15, 0.2) is 0 Å². The summed E-state index contributed by atoms with van der Waals surface area (Å²) in [6.45, 7) is 4.55. The maximum Gasteiger partial charge on any atom is 0.401 e. The molecule has 0 saturated carbocycles. The summed E-state index contributed by atoms with van der Waals surface area (Å²) in [6, 6.07) is 0. The molecule has 1 N–H and O–H groups in total. The molecule has 0 aromatic heterocycles. The van der Waals surface area contributed by atoms with Crippen molar-refractivity contribution in [3.8, 4) is 0 Å². The molecule has 21 heavy (non-hydrogen) atoms. The Morgan fingerprint density at radius 3 is 2.76 bits per heavy atom. The first-order valence-corrected chi connectivity index (χ1v) is 7.88. The average Bonchev–Trinajstić information content (AvgIpc) is 2.40. The van der Waals surface area contributed by atoms with Gasteiger partial charge in [-0.25, -0.2) is 0 Å². The minimum absolute atomic E-state index is 0.0141. The Bertz CT molecular complexity index is 321. The maximum absolute atomic E-state index is 12.4. The number of carbonyl (C=O) groups excluding carboxylic acids is 1. The first-order chi connectivity index (χ1) is 9.81. The molecule has 0 unspecified atom stereocenters. The van der Waals surface area contributed by atoms with Crippen LogP contribution in [-0.4, -0.2) is 43.2 Å². The molecular weight excluding hydrogens is 281 g/mol. The van der Waals surface area contributed by atoms with Crippen molar-refractivity contribution in [3.63, 3.8) is 0 Å². The van der Waals surface area contributed by atoms with Crippen LogP contribution >= 0.6 is 0 Å². The molecule has 0 aromatic carbocycles. The smallest absolute Gasteiger partial charge is 0.356 e. The number of halogens is 3. The SMILES string of the molecule is CCCC[C@H](C)C(=O)NC[C@H]1CCCN(CC(F)(F)F)C1. The van der Waals surface area contributed by atoms with E-state index in [0.29, 0.717) is 19.6 Å². The quantitative estimate of drug-likeness (QED) is 0.783. The van der Waals surface area contributed by atoms with Crippen LogP contribution in [-0.2, 0) is 4.79 Å². The summed E-state index contributed by atoms with van der Waals surface area (Å²) in [4.78, 5) is 13.3. The van der Waals surface area contributed by atoms with Crippen molar-refractivity contribution >= 4 is 5.91 Å². The Kier molecular flexibility index (Phi) is 7.49. The summed E-state index contributed by atoms with van der Waals surface area (Å²) in [7, 11) is 0. The maximum atomic E-state index is 12.4. The Balaban J connectivity index is 2.29. The van der Waals surface area contributed by atoms with E-state index in [1.165, 1.54) is 4.90 Å². The third-order valence-corrected chi connectivity index (χ3v) is 4.01. The number of piperidine rings is 1. The molecule has 2 atom stereocenters. The minimum atomic E-state index is -4.14. The second kappa shape index (κ2) is 8.61. The summed E-state index contributed by atoms with van der Waals surface area (Å²) in [5.74, 6) is 0.139. The van der Waals surface area contributed by atoms with Gasteiger partial charge >= 0.3 is 6.18 Å². The number of amides is 1. The number of alkyl halides is 3. The Labute approximate surface area is 125 Å². The van der Waals surface area contributed by atoms with Gasteiger partial charge in [-0.3, -0.25) is 9.69 Å². The number of rotatable bonds is 7. The van der Waals surface area contributed by atoms with Gasteiger partial charge in [0.1, 0.15) is 0 Å². The van der Waals surface area contributed by atoms with Crippen LogP contribution in [0, 0.1) is 11.8 Å². The molecule has 0 aromatic rings. The molecule has 1 amide bonds. The van der Waals surface area contributed by atoms with Crippen molar-refractivity contribution in [1.82, 2.24) is 10.2 Å². The molecule has 1 aliphatic rings. The van der Waals surface area contributed by atoms with E-state index in [-0.39, 0.29) is 17.7 Å². The van der Waals surface area contributed by atoms with E-state index in [0.717, 1.165) is 32.1 Å². The van der Waals surface area contributed by atoms with Gasteiger partial charge in [-0.15, -0.1) is 0 Å². The van der Waals surface area contributed by atoms with E-state index in [4.69, 9.17) is 0 Å². The number of carbonyl (C=O) groups is 1. The average molecular weight is 308 g/mol. The Morgan fingerprint density at radius 1 is 1.43 bits per heavy atom. The van der Waals surface area contributed by atoms with Gasteiger partial charge in [-0.05, 0) is 31.7 Å². The zero-order valence-corrected chi connectivity index (χ0v) is 13.0. The molecule has 124 valence electrons. The fourth-order valence-electron chi connectivity index (χ4n) is 2.78. The summed E-state index contributed by atoms with van der Waals surface area (Å²) in [6.07, 6.45) is 0.469. The van der Waals surface area contributed by atoms with Gasteiger partial charge < -0.3 is 5.32 Å². The van der Waals surface area contributed by atoms with Gasteiger partial charge in [0.05, 0.1) is 6.54 Å². The Hall–Kier alpha value is -0.780. The van der Waals surface area contributed by atoms with Crippen molar-refractivity contribution in [3.05, 3.63) is 0 Å². The Morgan fingerprint density at radius 2 is 2.14 bits per heavy atom. The summed E-state index contributed by atoms with van der Waals surface area (Å²) in [5, 5.41) is 2.90. The van der Waals surface area contributed by atoms with Crippen LogP contribution in [0.1, 0.15) is 46.0 Å². The van der Waals surface area contributed by atoms with Crippen LogP contribution in [0.2, 0.25) is 0 Å². The van der Waals surface area contributed by atoms with Gasteiger partial charge in [0, 0.05) is 19.0 Å². The molecule has 0 radical (unpaired) electrons. The molecule has 1 fully saturated rings. The predicted octanol–water partition coefficient (Wildman–Crippen LogP) is 3.20. The number of nitrogens with one attached hydrogen (secondary N) is 1. The molecule has 0 aliphatic carbocycles. The number of hydrogen-bond donors (Lipinski definition) is 1. The highest BCUT2D eigenvalue weighted by Gasteiger charge is 2.33. The highest BCUT2D eigenvalue weighted by Crippen LogP contribution is 2.22. The van der Waals surface area contributed by atoms with E-state index < -0.39 is 12.7 Å². The lowest BCUT2D eigenvalue weighted by Crippen LogP contribution is -2.45. The molecule has 0 spiro atoms. The fraction of sp³-hybridized carbons (Fsp3) is 0.933. The molecule has 3 nitrogen and oxygen atoms in total. The van der Waals surface area contributed by atoms with Gasteiger partial charge in [0.25, 0.3) is 0 Å². The molecular formula is C15H27F3N2O. The third-order valence-electron chi connectivity index (χ3n) is 4.01. The molecule has 1 saturated heterocycles. The number of unbranched alkanes of at least 4 members (excludes halogenated alkanes) is 1. The van der Waals surface area contributed by atoms with Crippen molar-refractivity contribution in [1.29, 1.82) is 0 Å². The second-order valence-corrected chi connectivity index (χ2v) is 6.15. The van der Waals surface area contributed by atoms with E-state index in [1.54, 1.807) is 0 Å². The third kappa shape index (κ3) is 7.69. The summed E-state index contributed by atoms with van der Waals surface area (Å²) >= 11 is 0. The van der Waals surface area contributed by atoms with Crippen LogP contribution in [0.3, 0.4) is 0 Å². The van der Waals surface area contributed by atoms with Gasteiger partial charge in [0.2, 0.25) is 5.91 Å². The normalized spacial score (nSPS) is 22.0.